The van der Waals surface area contributed by atoms with E-state index in [0.717, 1.165) is 5.56 Å². The van der Waals surface area contributed by atoms with Gasteiger partial charge in [0.1, 0.15) is 11.5 Å². The molecular formula is C21H17FN4O4S. The zero-order valence-corrected chi connectivity index (χ0v) is 16.8. The number of nitrogens with one attached hydrogen (secondary N) is 2. The summed E-state index contributed by atoms with van der Waals surface area (Å²) >= 11 is 0. The van der Waals surface area contributed by atoms with Crippen LogP contribution >= 0.6 is 0 Å². The lowest BCUT2D eigenvalue weighted by atomic mass is 10.2. The molecule has 158 valence electrons. The molecule has 0 atom stereocenters. The number of carbonyl (C=O) groups is 1. The van der Waals surface area contributed by atoms with Crippen LogP contribution in [0.1, 0.15) is 16.1 Å². The first-order valence-electron chi connectivity index (χ1n) is 9.13. The molecule has 2 aromatic heterocycles. The minimum Gasteiger partial charge on any atom is -0.340 e. The maximum Gasteiger partial charge on any atom is 0.293 e. The molecule has 8 nitrogen and oxygen atoms in total. The van der Waals surface area contributed by atoms with Crippen LogP contribution in [0, 0.1) is 5.82 Å². The van der Waals surface area contributed by atoms with Crippen molar-refractivity contribution >= 4 is 32.5 Å². The van der Waals surface area contributed by atoms with Crippen LogP contribution in [0.5, 0.6) is 0 Å². The van der Waals surface area contributed by atoms with Crippen LogP contribution in [0.25, 0.3) is 10.9 Å². The van der Waals surface area contributed by atoms with Crippen LogP contribution in [0.15, 0.2) is 78.0 Å². The summed E-state index contributed by atoms with van der Waals surface area (Å²) < 4.78 is 43.2. The third kappa shape index (κ3) is 4.25. The van der Waals surface area contributed by atoms with Crippen molar-refractivity contribution < 1.29 is 22.8 Å². The Hall–Kier alpha value is -3.76. The van der Waals surface area contributed by atoms with Gasteiger partial charge in [-0.25, -0.2) is 23.3 Å². The SMILES string of the molecule is O=C(NO)c1cc2c(NS(=O)(=O)c3ccccc3)cn(Cc3ccc(F)cc3)c2cn1. The average molecular weight is 440 g/mol. The van der Waals surface area contributed by atoms with Gasteiger partial charge in [0.05, 0.1) is 22.3 Å². The highest BCUT2D eigenvalue weighted by atomic mass is 32.2. The number of aromatic nitrogens is 2. The van der Waals surface area contributed by atoms with Crippen molar-refractivity contribution in [2.24, 2.45) is 0 Å². The lowest BCUT2D eigenvalue weighted by molar-refractivity contribution is 0.0701. The fraction of sp³-hybridized carbons (Fsp3) is 0.0476. The van der Waals surface area contributed by atoms with E-state index >= 15 is 0 Å². The molecule has 0 saturated carbocycles. The molecule has 0 fully saturated rings. The molecule has 3 N–H and O–H groups in total. The highest BCUT2D eigenvalue weighted by Gasteiger charge is 2.19. The zero-order valence-electron chi connectivity index (χ0n) is 16.0. The molecule has 0 aliphatic heterocycles. The zero-order chi connectivity index (χ0) is 22.0. The molecule has 0 saturated heterocycles. The Morgan fingerprint density at radius 2 is 1.81 bits per heavy atom. The van der Waals surface area contributed by atoms with Gasteiger partial charge < -0.3 is 4.57 Å². The van der Waals surface area contributed by atoms with Crippen LogP contribution in [-0.2, 0) is 16.6 Å². The molecule has 0 bridgehead atoms. The van der Waals surface area contributed by atoms with Gasteiger partial charge in [-0.1, -0.05) is 30.3 Å². The number of anilines is 1. The molecule has 4 aromatic rings. The molecule has 1 amide bonds. The van der Waals surface area contributed by atoms with Crippen molar-refractivity contribution in [1.29, 1.82) is 0 Å². The van der Waals surface area contributed by atoms with Gasteiger partial charge in [-0.3, -0.25) is 14.7 Å². The summed E-state index contributed by atoms with van der Waals surface area (Å²) in [6.45, 7) is 0.317. The number of rotatable bonds is 6. The molecule has 31 heavy (non-hydrogen) atoms. The van der Waals surface area contributed by atoms with Crippen molar-refractivity contribution in [2.75, 3.05) is 4.72 Å². The highest BCUT2D eigenvalue weighted by Crippen LogP contribution is 2.29. The van der Waals surface area contributed by atoms with Crippen LogP contribution in [0.4, 0.5) is 10.1 Å². The Morgan fingerprint density at radius 3 is 2.48 bits per heavy atom. The number of pyridine rings is 1. The van der Waals surface area contributed by atoms with Gasteiger partial charge in [-0.15, -0.1) is 0 Å². The number of hydrogen-bond acceptors (Lipinski definition) is 5. The normalized spacial score (nSPS) is 11.4. The van der Waals surface area contributed by atoms with Crippen LogP contribution < -0.4 is 10.2 Å². The largest absolute Gasteiger partial charge is 0.340 e. The summed E-state index contributed by atoms with van der Waals surface area (Å²) in [5.74, 6) is -1.19. The Balaban J connectivity index is 1.80. The number of halogens is 1. The second-order valence-corrected chi connectivity index (χ2v) is 8.43. The van der Waals surface area contributed by atoms with Gasteiger partial charge in [0.15, 0.2) is 0 Å². The quantitative estimate of drug-likeness (QED) is 0.315. The third-order valence-corrected chi connectivity index (χ3v) is 6.05. The minimum absolute atomic E-state index is 0.0804. The minimum atomic E-state index is -3.89. The standard InChI is InChI=1S/C21H17FN4O4S/c22-15-8-6-14(7-9-15)12-26-13-19(25-31(29,30)16-4-2-1-3-5-16)17-10-18(21(27)24-28)23-11-20(17)26/h1-11,13,25,28H,12H2,(H,24,27). The maximum atomic E-state index is 13.2. The smallest absolute Gasteiger partial charge is 0.293 e. The van der Waals surface area contributed by atoms with E-state index < -0.39 is 15.9 Å². The molecule has 10 heteroatoms. The summed E-state index contributed by atoms with van der Waals surface area (Å²) in [4.78, 5) is 15.9. The molecule has 0 aliphatic carbocycles. The van der Waals surface area contributed by atoms with E-state index in [2.05, 4.69) is 9.71 Å². The number of carbonyl (C=O) groups excluding carboxylic acids is 1. The fourth-order valence-corrected chi connectivity index (χ4v) is 4.26. The number of amides is 1. The molecule has 0 spiro atoms. The molecule has 0 aliphatic rings. The number of fused-ring (bicyclic) bond motifs is 1. The lowest BCUT2D eigenvalue weighted by Gasteiger charge is -2.07. The van der Waals surface area contributed by atoms with Gasteiger partial charge in [-0.05, 0) is 35.9 Å². The maximum absolute atomic E-state index is 13.2. The Morgan fingerprint density at radius 1 is 1.10 bits per heavy atom. The van der Waals surface area contributed by atoms with Crippen LogP contribution in [0.3, 0.4) is 0 Å². The van der Waals surface area contributed by atoms with E-state index in [9.17, 15) is 17.6 Å². The number of benzene rings is 2. The van der Waals surface area contributed by atoms with Crippen LogP contribution in [-0.4, -0.2) is 29.1 Å². The van der Waals surface area contributed by atoms with Crippen molar-refractivity contribution in [1.82, 2.24) is 15.0 Å². The second kappa shape index (κ2) is 8.17. The summed E-state index contributed by atoms with van der Waals surface area (Å²) in [5.41, 5.74) is 2.98. The lowest BCUT2D eigenvalue weighted by Crippen LogP contribution is -2.19. The molecule has 2 heterocycles. The van der Waals surface area contributed by atoms with Gasteiger partial charge in [0.2, 0.25) is 0 Å². The summed E-state index contributed by atoms with van der Waals surface area (Å²) in [5, 5.41) is 9.31. The Bertz CT molecular complexity index is 1350. The van der Waals surface area contributed by atoms with Gasteiger partial charge in [0, 0.05) is 18.1 Å². The molecule has 2 aromatic carbocycles. The van der Waals surface area contributed by atoms with E-state index in [-0.39, 0.29) is 22.1 Å². The number of nitrogens with zero attached hydrogens (tertiary/aromatic N) is 2. The fourth-order valence-electron chi connectivity index (χ4n) is 3.17. The molecule has 0 radical (unpaired) electrons. The van der Waals surface area contributed by atoms with Gasteiger partial charge in [-0.2, -0.15) is 0 Å². The first-order chi connectivity index (χ1) is 14.9. The Labute approximate surface area is 177 Å². The molecule has 4 rings (SSSR count). The second-order valence-electron chi connectivity index (χ2n) is 6.74. The van der Waals surface area contributed by atoms with E-state index in [4.69, 9.17) is 5.21 Å². The van der Waals surface area contributed by atoms with Gasteiger partial charge >= 0.3 is 0 Å². The van der Waals surface area contributed by atoms with Crippen molar-refractivity contribution in [3.05, 3.63) is 90.1 Å². The number of hydrogen-bond donors (Lipinski definition) is 3. The first kappa shape index (κ1) is 20.5. The monoisotopic (exact) mass is 440 g/mol. The summed E-state index contributed by atoms with van der Waals surface area (Å²) in [7, 11) is -3.89. The van der Waals surface area contributed by atoms with E-state index in [1.165, 1.54) is 42.0 Å². The first-order valence-corrected chi connectivity index (χ1v) is 10.6. The third-order valence-electron chi connectivity index (χ3n) is 4.67. The van der Waals surface area contributed by atoms with E-state index in [1.807, 2.05) is 0 Å². The predicted octanol–water partition coefficient (Wildman–Crippen LogP) is 3.14. The topological polar surface area (TPSA) is 113 Å². The number of hydroxylamine groups is 1. The van der Waals surface area contributed by atoms with E-state index in [0.29, 0.717) is 17.4 Å². The average Bonchev–Trinajstić information content (AvgIpc) is 3.11. The summed E-state index contributed by atoms with van der Waals surface area (Å²) in [6, 6.07) is 15.2. The van der Waals surface area contributed by atoms with Crippen molar-refractivity contribution in [2.45, 2.75) is 11.4 Å². The van der Waals surface area contributed by atoms with E-state index in [1.54, 1.807) is 41.1 Å². The predicted molar refractivity (Wildman–Crippen MR) is 112 cm³/mol. The van der Waals surface area contributed by atoms with Crippen molar-refractivity contribution in [3.8, 4) is 0 Å². The van der Waals surface area contributed by atoms with Crippen LogP contribution in [0.2, 0.25) is 0 Å². The Kier molecular flexibility index (Phi) is 5.40. The molecule has 0 unspecified atom stereocenters. The number of sulfonamides is 1. The highest BCUT2D eigenvalue weighted by molar-refractivity contribution is 7.92. The van der Waals surface area contributed by atoms with Crippen molar-refractivity contribution in [3.63, 3.8) is 0 Å². The summed E-state index contributed by atoms with van der Waals surface area (Å²) in [6.07, 6.45) is 2.99. The molecular weight excluding hydrogens is 423 g/mol. The van der Waals surface area contributed by atoms with Gasteiger partial charge in [0.25, 0.3) is 15.9 Å².